The highest BCUT2D eigenvalue weighted by Gasteiger charge is 2.23. The molecule has 20 heavy (non-hydrogen) atoms. The van der Waals surface area contributed by atoms with Crippen molar-refractivity contribution < 1.29 is 23.0 Å². The SMILES string of the molecule is COc1cc(F)c(C(O)c2cccc(F)c2Br)c(F)c1. The average molecular weight is 347 g/mol. The predicted octanol–water partition coefficient (Wildman–Crippen LogP) is 3.96. The molecule has 6 heteroatoms. The number of hydrogen-bond acceptors (Lipinski definition) is 2. The molecule has 0 heterocycles. The van der Waals surface area contributed by atoms with Crippen LogP contribution in [0.4, 0.5) is 13.2 Å². The van der Waals surface area contributed by atoms with Crippen molar-refractivity contribution in [3.05, 3.63) is 63.4 Å². The Labute approximate surface area is 121 Å². The van der Waals surface area contributed by atoms with Crippen molar-refractivity contribution in [3.63, 3.8) is 0 Å². The van der Waals surface area contributed by atoms with Crippen LogP contribution in [0.15, 0.2) is 34.8 Å². The van der Waals surface area contributed by atoms with E-state index >= 15 is 0 Å². The van der Waals surface area contributed by atoms with Crippen LogP contribution in [0.1, 0.15) is 17.2 Å². The molecule has 0 aromatic heterocycles. The number of methoxy groups -OCH3 is 1. The Hall–Kier alpha value is -1.53. The maximum atomic E-state index is 13.9. The molecule has 0 aliphatic heterocycles. The number of hydrogen-bond donors (Lipinski definition) is 1. The van der Waals surface area contributed by atoms with Crippen LogP contribution in [-0.2, 0) is 0 Å². The van der Waals surface area contributed by atoms with Gasteiger partial charge in [-0.2, -0.15) is 0 Å². The van der Waals surface area contributed by atoms with Crippen LogP contribution in [0, 0.1) is 17.5 Å². The summed E-state index contributed by atoms with van der Waals surface area (Å²) in [7, 11) is 1.27. The first-order valence-electron chi connectivity index (χ1n) is 5.60. The minimum atomic E-state index is -1.63. The summed E-state index contributed by atoms with van der Waals surface area (Å²) in [6.07, 6.45) is -1.63. The molecule has 106 valence electrons. The minimum Gasteiger partial charge on any atom is -0.497 e. The van der Waals surface area contributed by atoms with Crippen LogP contribution >= 0.6 is 15.9 Å². The van der Waals surface area contributed by atoms with Crippen molar-refractivity contribution in [2.75, 3.05) is 7.11 Å². The molecule has 0 saturated heterocycles. The average Bonchev–Trinajstić information content (AvgIpc) is 2.40. The van der Waals surface area contributed by atoms with Crippen molar-refractivity contribution in [1.29, 1.82) is 0 Å². The topological polar surface area (TPSA) is 29.5 Å². The summed E-state index contributed by atoms with van der Waals surface area (Å²) in [5.41, 5.74) is -0.523. The Kier molecular flexibility index (Phi) is 4.35. The number of rotatable bonds is 3. The van der Waals surface area contributed by atoms with Crippen molar-refractivity contribution >= 4 is 15.9 Å². The first kappa shape index (κ1) is 14.9. The highest BCUT2D eigenvalue weighted by molar-refractivity contribution is 9.10. The second kappa shape index (κ2) is 5.85. The second-order valence-electron chi connectivity index (χ2n) is 4.05. The van der Waals surface area contributed by atoms with Crippen LogP contribution < -0.4 is 4.74 Å². The van der Waals surface area contributed by atoms with E-state index < -0.39 is 29.1 Å². The van der Waals surface area contributed by atoms with Gasteiger partial charge < -0.3 is 9.84 Å². The van der Waals surface area contributed by atoms with Crippen LogP contribution in [0.25, 0.3) is 0 Å². The van der Waals surface area contributed by atoms with Crippen molar-refractivity contribution in [3.8, 4) is 5.75 Å². The molecule has 0 saturated carbocycles. The Morgan fingerprint density at radius 2 is 1.70 bits per heavy atom. The van der Waals surface area contributed by atoms with Gasteiger partial charge in [0.15, 0.2) is 0 Å². The first-order chi connectivity index (χ1) is 9.45. The van der Waals surface area contributed by atoms with Crippen molar-refractivity contribution in [2.24, 2.45) is 0 Å². The number of aliphatic hydroxyl groups is 1. The normalized spacial score (nSPS) is 12.3. The third kappa shape index (κ3) is 2.66. The van der Waals surface area contributed by atoms with Gasteiger partial charge in [0.1, 0.15) is 29.3 Å². The molecule has 0 spiro atoms. The van der Waals surface area contributed by atoms with E-state index in [1.165, 1.54) is 25.3 Å². The van der Waals surface area contributed by atoms with Gasteiger partial charge in [-0.15, -0.1) is 0 Å². The Morgan fingerprint density at radius 1 is 1.10 bits per heavy atom. The lowest BCUT2D eigenvalue weighted by Crippen LogP contribution is -2.07. The molecular weight excluding hydrogens is 337 g/mol. The van der Waals surface area contributed by atoms with Crippen LogP contribution in [0.3, 0.4) is 0 Å². The fraction of sp³-hybridized carbons (Fsp3) is 0.143. The quantitative estimate of drug-likeness (QED) is 0.911. The summed E-state index contributed by atoms with van der Waals surface area (Å²) in [5.74, 6) is -2.57. The molecule has 1 unspecified atom stereocenters. The molecule has 2 aromatic rings. The monoisotopic (exact) mass is 346 g/mol. The lowest BCUT2D eigenvalue weighted by atomic mass is 10.00. The molecule has 0 aliphatic rings. The smallest absolute Gasteiger partial charge is 0.137 e. The minimum absolute atomic E-state index is 0.00532. The van der Waals surface area contributed by atoms with Gasteiger partial charge in [0.2, 0.25) is 0 Å². The molecule has 0 radical (unpaired) electrons. The molecule has 2 aromatic carbocycles. The van der Waals surface area contributed by atoms with Crippen LogP contribution in [0.5, 0.6) is 5.75 Å². The van der Waals surface area contributed by atoms with E-state index in [1.807, 2.05) is 0 Å². The van der Waals surface area contributed by atoms with E-state index in [-0.39, 0.29) is 15.8 Å². The molecule has 1 atom stereocenters. The summed E-state index contributed by atoms with van der Waals surface area (Å²) in [5, 5.41) is 10.1. The molecule has 1 N–H and O–H groups in total. The van der Waals surface area contributed by atoms with Gasteiger partial charge in [0, 0.05) is 17.7 Å². The van der Waals surface area contributed by atoms with Crippen molar-refractivity contribution in [1.82, 2.24) is 0 Å². The van der Waals surface area contributed by atoms with Gasteiger partial charge in [0.05, 0.1) is 17.1 Å². The van der Waals surface area contributed by atoms with E-state index in [0.29, 0.717) is 0 Å². The fourth-order valence-electron chi connectivity index (χ4n) is 1.83. The van der Waals surface area contributed by atoms with E-state index in [2.05, 4.69) is 15.9 Å². The van der Waals surface area contributed by atoms with Crippen molar-refractivity contribution in [2.45, 2.75) is 6.10 Å². The van der Waals surface area contributed by atoms with Crippen LogP contribution in [-0.4, -0.2) is 12.2 Å². The Bertz CT molecular complexity index is 623. The third-order valence-electron chi connectivity index (χ3n) is 2.84. The maximum Gasteiger partial charge on any atom is 0.137 e. The van der Waals surface area contributed by atoms with Crippen LogP contribution in [0.2, 0.25) is 0 Å². The number of benzene rings is 2. The zero-order chi connectivity index (χ0) is 14.9. The summed E-state index contributed by atoms with van der Waals surface area (Å²) in [6.45, 7) is 0. The zero-order valence-electron chi connectivity index (χ0n) is 10.3. The van der Waals surface area contributed by atoms with Gasteiger partial charge in [-0.05, 0) is 22.0 Å². The largest absolute Gasteiger partial charge is 0.497 e. The number of halogens is 4. The third-order valence-corrected chi connectivity index (χ3v) is 3.67. The lowest BCUT2D eigenvalue weighted by molar-refractivity contribution is 0.207. The Balaban J connectivity index is 2.54. The van der Waals surface area contributed by atoms with E-state index in [4.69, 9.17) is 4.74 Å². The zero-order valence-corrected chi connectivity index (χ0v) is 11.9. The molecule has 0 bridgehead atoms. The van der Waals surface area contributed by atoms with Gasteiger partial charge in [-0.25, -0.2) is 13.2 Å². The summed E-state index contributed by atoms with van der Waals surface area (Å²) in [6, 6.07) is 5.80. The number of aliphatic hydroxyl groups excluding tert-OH is 1. The molecular formula is C14H10BrF3O2. The molecule has 2 rings (SSSR count). The summed E-state index contributed by atoms with van der Waals surface area (Å²) >= 11 is 2.95. The van der Waals surface area contributed by atoms with E-state index in [9.17, 15) is 18.3 Å². The fourth-order valence-corrected chi connectivity index (χ4v) is 2.31. The number of ether oxygens (including phenoxy) is 1. The predicted molar refractivity (Wildman–Crippen MR) is 71.1 cm³/mol. The van der Waals surface area contributed by atoms with E-state index in [0.717, 1.165) is 12.1 Å². The molecule has 2 nitrogen and oxygen atoms in total. The molecule has 0 fully saturated rings. The molecule has 0 aliphatic carbocycles. The van der Waals surface area contributed by atoms with Gasteiger partial charge >= 0.3 is 0 Å². The highest BCUT2D eigenvalue weighted by Crippen LogP contribution is 2.34. The van der Waals surface area contributed by atoms with Gasteiger partial charge in [0.25, 0.3) is 0 Å². The highest BCUT2D eigenvalue weighted by atomic mass is 79.9. The van der Waals surface area contributed by atoms with E-state index in [1.54, 1.807) is 0 Å². The van der Waals surface area contributed by atoms with Gasteiger partial charge in [-0.1, -0.05) is 12.1 Å². The van der Waals surface area contributed by atoms with Gasteiger partial charge in [-0.3, -0.25) is 0 Å². The molecule has 0 amide bonds. The summed E-state index contributed by atoms with van der Waals surface area (Å²) in [4.78, 5) is 0. The Morgan fingerprint density at radius 3 is 2.25 bits per heavy atom. The second-order valence-corrected chi connectivity index (χ2v) is 4.84. The standard InChI is InChI=1S/C14H10BrF3O2/c1-20-7-5-10(17)12(11(18)6-7)14(19)8-3-2-4-9(16)13(8)15/h2-6,14,19H,1H3. The summed E-state index contributed by atoms with van der Waals surface area (Å²) < 4.78 is 45.9. The first-order valence-corrected chi connectivity index (χ1v) is 6.40. The maximum absolute atomic E-state index is 13.9. The lowest BCUT2D eigenvalue weighted by Gasteiger charge is -2.16.